The molecular formula is C16H28O2. The van der Waals surface area contributed by atoms with Gasteiger partial charge in [-0.3, -0.25) is 4.79 Å². The first kappa shape index (κ1) is 14.0. The van der Waals surface area contributed by atoms with Crippen LogP contribution in [0.2, 0.25) is 0 Å². The quantitative estimate of drug-likeness (QED) is 0.777. The Balaban J connectivity index is 2.01. The van der Waals surface area contributed by atoms with Gasteiger partial charge < -0.3 is 5.11 Å². The minimum Gasteiger partial charge on any atom is -0.393 e. The number of hydrogen-bond acceptors (Lipinski definition) is 2. The van der Waals surface area contributed by atoms with E-state index in [1.807, 2.05) is 0 Å². The van der Waals surface area contributed by atoms with Crippen molar-refractivity contribution in [2.24, 2.45) is 17.8 Å². The summed E-state index contributed by atoms with van der Waals surface area (Å²) >= 11 is 0. The molecule has 0 bridgehead atoms. The van der Waals surface area contributed by atoms with E-state index in [4.69, 9.17) is 0 Å². The minimum atomic E-state index is -0.221. The highest BCUT2D eigenvalue weighted by Crippen LogP contribution is 2.39. The summed E-state index contributed by atoms with van der Waals surface area (Å²) in [5, 5.41) is 10.3. The summed E-state index contributed by atoms with van der Waals surface area (Å²) in [6.07, 6.45) is 10.7. The lowest BCUT2D eigenvalue weighted by atomic mass is 9.70. The normalized spacial score (nSPS) is 38.4. The van der Waals surface area contributed by atoms with Crippen LogP contribution in [-0.2, 0) is 4.79 Å². The van der Waals surface area contributed by atoms with Crippen LogP contribution in [0.25, 0.3) is 0 Å². The molecule has 1 N–H and O–H groups in total. The fourth-order valence-corrected chi connectivity index (χ4v) is 4.01. The third-order valence-electron chi connectivity index (χ3n) is 5.05. The maximum atomic E-state index is 12.2. The number of aliphatic hydroxyl groups excluding tert-OH is 1. The lowest BCUT2D eigenvalue weighted by molar-refractivity contribution is -0.130. The van der Waals surface area contributed by atoms with Gasteiger partial charge in [-0.1, -0.05) is 39.0 Å². The summed E-state index contributed by atoms with van der Waals surface area (Å²) in [5.41, 5.74) is 0. The SMILES string of the molecule is CCCC1CCC(=O)C(C2CCCCCC2O)C1. The van der Waals surface area contributed by atoms with Crippen molar-refractivity contribution in [1.29, 1.82) is 0 Å². The van der Waals surface area contributed by atoms with E-state index in [2.05, 4.69) is 6.92 Å². The van der Waals surface area contributed by atoms with Gasteiger partial charge in [-0.05, 0) is 37.5 Å². The first-order valence-electron chi connectivity index (χ1n) is 7.93. The molecule has 2 aliphatic carbocycles. The van der Waals surface area contributed by atoms with Gasteiger partial charge in [0.15, 0.2) is 0 Å². The molecule has 0 aromatic rings. The Morgan fingerprint density at radius 2 is 1.94 bits per heavy atom. The Labute approximate surface area is 111 Å². The zero-order valence-electron chi connectivity index (χ0n) is 11.7. The van der Waals surface area contributed by atoms with E-state index < -0.39 is 0 Å². The number of carbonyl (C=O) groups excluding carboxylic acids is 1. The van der Waals surface area contributed by atoms with Crippen molar-refractivity contribution >= 4 is 5.78 Å². The molecule has 2 aliphatic rings. The van der Waals surface area contributed by atoms with Crippen LogP contribution < -0.4 is 0 Å². The van der Waals surface area contributed by atoms with Crippen molar-refractivity contribution in [3.63, 3.8) is 0 Å². The molecule has 18 heavy (non-hydrogen) atoms. The summed E-state index contributed by atoms with van der Waals surface area (Å²) in [6.45, 7) is 2.23. The van der Waals surface area contributed by atoms with Crippen LogP contribution in [0.5, 0.6) is 0 Å². The third kappa shape index (κ3) is 3.34. The summed E-state index contributed by atoms with van der Waals surface area (Å²) in [5.74, 6) is 1.60. The lowest BCUT2D eigenvalue weighted by Gasteiger charge is -2.35. The van der Waals surface area contributed by atoms with Gasteiger partial charge >= 0.3 is 0 Å². The molecule has 2 rings (SSSR count). The van der Waals surface area contributed by atoms with Crippen molar-refractivity contribution in [1.82, 2.24) is 0 Å². The predicted octanol–water partition coefficient (Wildman–Crippen LogP) is 3.71. The summed E-state index contributed by atoms with van der Waals surface area (Å²) in [7, 11) is 0. The molecule has 0 heterocycles. The van der Waals surface area contributed by atoms with Crippen molar-refractivity contribution < 1.29 is 9.90 Å². The molecule has 0 amide bonds. The summed E-state index contributed by atoms with van der Waals surface area (Å²) in [6, 6.07) is 0. The van der Waals surface area contributed by atoms with Crippen LogP contribution >= 0.6 is 0 Å². The lowest BCUT2D eigenvalue weighted by Crippen LogP contribution is -2.36. The molecule has 0 radical (unpaired) electrons. The molecule has 2 saturated carbocycles. The van der Waals surface area contributed by atoms with Crippen LogP contribution in [0.3, 0.4) is 0 Å². The van der Waals surface area contributed by atoms with Crippen molar-refractivity contribution in [3.8, 4) is 0 Å². The van der Waals surface area contributed by atoms with E-state index in [-0.39, 0.29) is 17.9 Å². The molecule has 4 unspecified atom stereocenters. The van der Waals surface area contributed by atoms with Gasteiger partial charge in [0, 0.05) is 12.3 Å². The molecular weight excluding hydrogens is 224 g/mol. The van der Waals surface area contributed by atoms with E-state index in [1.54, 1.807) is 0 Å². The van der Waals surface area contributed by atoms with E-state index in [9.17, 15) is 9.90 Å². The highest BCUT2D eigenvalue weighted by atomic mass is 16.3. The summed E-state index contributed by atoms with van der Waals surface area (Å²) < 4.78 is 0. The highest BCUT2D eigenvalue weighted by Gasteiger charge is 2.37. The third-order valence-corrected chi connectivity index (χ3v) is 5.05. The highest BCUT2D eigenvalue weighted by molar-refractivity contribution is 5.82. The Hall–Kier alpha value is -0.370. The topological polar surface area (TPSA) is 37.3 Å². The molecule has 4 atom stereocenters. The van der Waals surface area contributed by atoms with Crippen molar-refractivity contribution in [3.05, 3.63) is 0 Å². The van der Waals surface area contributed by atoms with Crippen LogP contribution in [0, 0.1) is 17.8 Å². The molecule has 0 aliphatic heterocycles. The molecule has 0 saturated heterocycles. The average molecular weight is 252 g/mol. The molecule has 2 heteroatoms. The second kappa shape index (κ2) is 6.70. The summed E-state index contributed by atoms with van der Waals surface area (Å²) in [4.78, 5) is 12.2. The molecule has 2 fully saturated rings. The molecule has 2 nitrogen and oxygen atoms in total. The Kier molecular flexibility index (Phi) is 5.23. The van der Waals surface area contributed by atoms with Gasteiger partial charge in [0.2, 0.25) is 0 Å². The zero-order valence-corrected chi connectivity index (χ0v) is 11.7. The smallest absolute Gasteiger partial charge is 0.136 e. The Bertz CT molecular complexity index is 274. The fourth-order valence-electron chi connectivity index (χ4n) is 4.01. The number of ketones is 1. The number of aliphatic hydroxyl groups is 1. The van der Waals surface area contributed by atoms with Crippen LogP contribution in [0.4, 0.5) is 0 Å². The molecule has 0 spiro atoms. The predicted molar refractivity (Wildman–Crippen MR) is 73.3 cm³/mol. The second-order valence-corrected chi connectivity index (χ2v) is 6.37. The Morgan fingerprint density at radius 1 is 1.17 bits per heavy atom. The fraction of sp³-hybridized carbons (Fsp3) is 0.938. The molecule has 0 aromatic carbocycles. The first-order chi connectivity index (χ1) is 8.72. The maximum absolute atomic E-state index is 12.2. The van der Waals surface area contributed by atoms with E-state index >= 15 is 0 Å². The van der Waals surface area contributed by atoms with Gasteiger partial charge in [0.25, 0.3) is 0 Å². The van der Waals surface area contributed by atoms with Crippen LogP contribution in [-0.4, -0.2) is 17.0 Å². The second-order valence-electron chi connectivity index (χ2n) is 6.37. The number of rotatable bonds is 3. The number of Topliss-reactive ketones (excluding diaryl/α,β-unsaturated/α-hetero) is 1. The van der Waals surface area contributed by atoms with Gasteiger partial charge in [-0.15, -0.1) is 0 Å². The average Bonchev–Trinajstić information content (AvgIpc) is 2.57. The molecule has 0 aromatic heterocycles. The molecule has 104 valence electrons. The largest absolute Gasteiger partial charge is 0.393 e. The van der Waals surface area contributed by atoms with Crippen LogP contribution in [0.15, 0.2) is 0 Å². The first-order valence-corrected chi connectivity index (χ1v) is 7.93. The zero-order chi connectivity index (χ0) is 13.0. The Morgan fingerprint density at radius 3 is 2.72 bits per heavy atom. The monoisotopic (exact) mass is 252 g/mol. The maximum Gasteiger partial charge on any atom is 0.136 e. The minimum absolute atomic E-state index is 0.170. The van der Waals surface area contributed by atoms with Gasteiger partial charge in [0.05, 0.1) is 6.10 Å². The van der Waals surface area contributed by atoms with Gasteiger partial charge in [0.1, 0.15) is 5.78 Å². The van der Waals surface area contributed by atoms with Crippen molar-refractivity contribution in [2.45, 2.75) is 77.2 Å². The van der Waals surface area contributed by atoms with Gasteiger partial charge in [-0.2, -0.15) is 0 Å². The number of hydrogen-bond donors (Lipinski definition) is 1. The standard InChI is InChI=1S/C16H28O2/c1-2-6-12-9-10-16(18)14(11-12)13-7-4-3-5-8-15(13)17/h12-15,17H,2-11H2,1H3. The van der Waals surface area contributed by atoms with Crippen molar-refractivity contribution in [2.75, 3.05) is 0 Å². The van der Waals surface area contributed by atoms with Gasteiger partial charge in [-0.25, -0.2) is 0 Å². The number of carbonyl (C=O) groups is 1. The van der Waals surface area contributed by atoms with E-state index in [0.29, 0.717) is 5.78 Å². The van der Waals surface area contributed by atoms with Crippen LogP contribution in [0.1, 0.15) is 71.1 Å². The van der Waals surface area contributed by atoms with E-state index in [1.165, 1.54) is 25.7 Å². The van der Waals surface area contributed by atoms with E-state index in [0.717, 1.165) is 44.4 Å².